The van der Waals surface area contributed by atoms with Crippen LogP contribution in [0.4, 0.5) is 0 Å². The third-order valence-electron chi connectivity index (χ3n) is 2.01. The van der Waals surface area contributed by atoms with E-state index in [4.69, 9.17) is 0 Å². The van der Waals surface area contributed by atoms with Crippen LogP contribution >= 0.6 is 15.9 Å². The molecule has 0 aliphatic carbocycles. The Hall–Kier alpha value is -1.23. The van der Waals surface area contributed by atoms with Crippen molar-refractivity contribution in [1.82, 2.24) is 5.32 Å². The Labute approximate surface area is 102 Å². The van der Waals surface area contributed by atoms with Gasteiger partial charge in [-0.05, 0) is 32.0 Å². The molecule has 0 saturated heterocycles. The van der Waals surface area contributed by atoms with Crippen molar-refractivity contribution in [3.05, 3.63) is 23.8 Å². The summed E-state index contributed by atoms with van der Waals surface area (Å²) in [7, 11) is 0. The van der Waals surface area contributed by atoms with Gasteiger partial charge in [-0.15, -0.1) is 0 Å². The normalized spacial score (nSPS) is 11.2. The fourth-order valence-corrected chi connectivity index (χ4v) is 1.25. The molecule has 0 spiro atoms. The van der Waals surface area contributed by atoms with Crippen LogP contribution in [0.5, 0.6) is 11.5 Å². The topological polar surface area (TPSA) is 69.6 Å². The number of aromatic hydroxyl groups is 2. The number of carbonyl (C=O) groups is 1. The Kier molecular flexibility index (Phi) is 3.80. The monoisotopic (exact) mass is 287 g/mol. The quantitative estimate of drug-likeness (QED) is 0.588. The number of nitrogens with one attached hydrogen (secondary N) is 1. The maximum atomic E-state index is 11.8. The Morgan fingerprint density at radius 3 is 2.62 bits per heavy atom. The SMILES string of the molecule is CC(C)(CBr)NC(=O)c1cc(O)ccc1O. The van der Waals surface area contributed by atoms with Gasteiger partial charge < -0.3 is 15.5 Å². The van der Waals surface area contributed by atoms with E-state index in [1.807, 2.05) is 13.8 Å². The summed E-state index contributed by atoms with van der Waals surface area (Å²) in [6.07, 6.45) is 0. The molecule has 0 fully saturated rings. The van der Waals surface area contributed by atoms with Crippen LogP contribution in [-0.4, -0.2) is 27.0 Å². The second-order valence-electron chi connectivity index (χ2n) is 4.17. The number of hydrogen-bond donors (Lipinski definition) is 3. The minimum absolute atomic E-state index is 0.0559. The first-order valence-electron chi connectivity index (χ1n) is 4.76. The first kappa shape index (κ1) is 12.8. The third-order valence-corrected chi connectivity index (χ3v) is 3.41. The first-order chi connectivity index (χ1) is 7.35. The molecular weight excluding hydrogens is 274 g/mol. The number of rotatable bonds is 3. The van der Waals surface area contributed by atoms with E-state index >= 15 is 0 Å². The van der Waals surface area contributed by atoms with E-state index in [-0.39, 0.29) is 17.1 Å². The summed E-state index contributed by atoms with van der Waals surface area (Å²) >= 11 is 3.28. The highest BCUT2D eigenvalue weighted by Gasteiger charge is 2.21. The second-order valence-corrected chi connectivity index (χ2v) is 4.73. The highest BCUT2D eigenvalue weighted by atomic mass is 79.9. The molecule has 0 unspecified atom stereocenters. The zero-order valence-electron chi connectivity index (χ0n) is 9.12. The van der Waals surface area contributed by atoms with E-state index in [0.29, 0.717) is 5.33 Å². The first-order valence-corrected chi connectivity index (χ1v) is 5.88. The van der Waals surface area contributed by atoms with Gasteiger partial charge in [0, 0.05) is 10.9 Å². The zero-order chi connectivity index (χ0) is 12.3. The van der Waals surface area contributed by atoms with Crippen molar-refractivity contribution in [2.45, 2.75) is 19.4 Å². The number of carbonyl (C=O) groups excluding carboxylic acids is 1. The molecule has 3 N–H and O–H groups in total. The Morgan fingerprint density at radius 1 is 1.44 bits per heavy atom. The molecule has 0 bridgehead atoms. The van der Waals surface area contributed by atoms with Crippen molar-refractivity contribution in [2.24, 2.45) is 0 Å². The van der Waals surface area contributed by atoms with Crippen molar-refractivity contribution in [3.63, 3.8) is 0 Å². The highest BCUT2D eigenvalue weighted by Crippen LogP contribution is 2.22. The molecule has 0 aliphatic heterocycles. The van der Waals surface area contributed by atoms with Crippen LogP contribution in [-0.2, 0) is 0 Å². The third kappa shape index (κ3) is 3.13. The van der Waals surface area contributed by atoms with Gasteiger partial charge in [-0.25, -0.2) is 0 Å². The van der Waals surface area contributed by atoms with Crippen molar-refractivity contribution in [1.29, 1.82) is 0 Å². The molecule has 0 radical (unpaired) electrons. The van der Waals surface area contributed by atoms with Crippen molar-refractivity contribution >= 4 is 21.8 Å². The van der Waals surface area contributed by atoms with Crippen LogP contribution in [0.3, 0.4) is 0 Å². The van der Waals surface area contributed by atoms with Crippen LogP contribution in [0, 0.1) is 0 Å². The fourth-order valence-electron chi connectivity index (χ4n) is 1.11. The predicted octanol–water partition coefficient (Wildman–Crippen LogP) is 2.00. The van der Waals surface area contributed by atoms with E-state index in [1.54, 1.807) is 0 Å². The maximum absolute atomic E-state index is 11.8. The van der Waals surface area contributed by atoms with Gasteiger partial charge in [0.05, 0.1) is 5.56 Å². The summed E-state index contributed by atoms with van der Waals surface area (Å²) < 4.78 is 0. The molecule has 4 nitrogen and oxygen atoms in total. The molecule has 0 atom stereocenters. The Bertz CT molecular complexity index is 404. The fraction of sp³-hybridized carbons (Fsp3) is 0.364. The number of phenols is 2. The number of benzene rings is 1. The average molecular weight is 288 g/mol. The standard InChI is InChI=1S/C11H14BrNO3/c1-11(2,6-12)13-10(16)8-5-7(14)3-4-9(8)15/h3-5,14-15H,6H2,1-2H3,(H,13,16). The molecule has 1 amide bonds. The summed E-state index contributed by atoms with van der Waals surface area (Å²) in [5, 5.41) is 22.1. The molecule has 0 aliphatic rings. The van der Waals surface area contributed by atoms with Gasteiger partial charge in [0.15, 0.2) is 0 Å². The summed E-state index contributed by atoms with van der Waals surface area (Å²) in [5.74, 6) is -0.627. The maximum Gasteiger partial charge on any atom is 0.255 e. The van der Waals surface area contributed by atoms with E-state index in [1.165, 1.54) is 18.2 Å². The molecule has 16 heavy (non-hydrogen) atoms. The van der Waals surface area contributed by atoms with E-state index in [9.17, 15) is 15.0 Å². The molecule has 1 aromatic rings. The highest BCUT2D eigenvalue weighted by molar-refractivity contribution is 9.09. The Balaban J connectivity index is 2.93. The van der Waals surface area contributed by atoms with Crippen LogP contribution in [0.15, 0.2) is 18.2 Å². The second kappa shape index (κ2) is 4.74. The van der Waals surface area contributed by atoms with Crippen LogP contribution in [0.25, 0.3) is 0 Å². The molecule has 1 rings (SSSR count). The number of halogens is 1. The van der Waals surface area contributed by atoms with Crippen molar-refractivity contribution in [2.75, 3.05) is 5.33 Å². The summed E-state index contributed by atoms with van der Waals surface area (Å²) in [5.41, 5.74) is -0.358. The van der Waals surface area contributed by atoms with Gasteiger partial charge in [-0.2, -0.15) is 0 Å². The number of amides is 1. The predicted molar refractivity (Wildman–Crippen MR) is 65.1 cm³/mol. The van der Waals surface area contributed by atoms with E-state index < -0.39 is 11.4 Å². The molecule has 0 aromatic heterocycles. The average Bonchev–Trinajstić information content (AvgIpc) is 2.21. The lowest BCUT2D eigenvalue weighted by Gasteiger charge is -2.23. The summed E-state index contributed by atoms with van der Waals surface area (Å²) in [6, 6.07) is 3.84. The van der Waals surface area contributed by atoms with E-state index in [0.717, 1.165) is 0 Å². The van der Waals surface area contributed by atoms with Crippen molar-refractivity contribution in [3.8, 4) is 11.5 Å². The van der Waals surface area contributed by atoms with Gasteiger partial charge >= 0.3 is 0 Å². The molecule has 0 saturated carbocycles. The molecule has 1 aromatic carbocycles. The lowest BCUT2D eigenvalue weighted by Crippen LogP contribution is -2.44. The number of phenolic OH excluding ortho intramolecular Hbond substituents is 2. The summed E-state index contributed by atoms with van der Waals surface area (Å²) in [6.45, 7) is 3.69. The van der Waals surface area contributed by atoms with Gasteiger partial charge in [0.1, 0.15) is 11.5 Å². The number of alkyl halides is 1. The lowest BCUT2D eigenvalue weighted by atomic mass is 10.1. The molecule has 5 heteroatoms. The van der Waals surface area contributed by atoms with E-state index in [2.05, 4.69) is 21.2 Å². The molecule has 88 valence electrons. The minimum Gasteiger partial charge on any atom is -0.508 e. The minimum atomic E-state index is -0.422. The Morgan fingerprint density at radius 2 is 2.06 bits per heavy atom. The smallest absolute Gasteiger partial charge is 0.255 e. The zero-order valence-corrected chi connectivity index (χ0v) is 10.7. The van der Waals surface area contributed by atoms with Gasteiger partial charge in [0.25, 0.3) is 5.91 Å². The van der Waals surface area contributed by atoms with Gasteiger partial charge in [-0.1, -0.05) is 15.9 Å². The van der Waals surface area contributed by atoms with Crippen LogP contribution < -0.4 is 5.32 Å². The largest absolute Gasteiger partial charge is 0.508 e. The molecule has 0 heterocycles. The van der Waals surface area contributed by atoms with Crippen LogP contribution in [0.1, 0.15) is 24.2 Å². The van der Waals surface area contributed by atoms with Crippen molar-refractivity contribution < 1.29 is 15.0 Å². The summed E-state index contributed by atoms with van der Waals surface area (Å²) in [4.78, 5) is 11.8. The number of hydrogen-bond acceptors (Lipinski definition) is 3. The van der Waals surface area contributed by atoms with Gasteiger partial charge in [-0.3, -0.25) is 4.79 Å². The molecular formula is C11H14BrNO3. The van der Waals surface area contributed by atoms with Gasteiger partial charge in [0.2, 0.25) is 0 Å². The van der Waals surface area contributed by atoms with Crippen LogP contribution in [0.2, 0.25) is 0 Å². The lowest BCUT2D eigenvalue weighted by molar-refractivity contribution is 0.0918.